The van der Waals surface area contributed by atoms with Crippen molar-refractivity contribution < 1.29 is 9.84 Å². The molecule has 1 unspecified atom stereocenters. The van der Waals surface area contributed by atoms with Crippen LogP contribution in [0, 0.1) is 6.92 Å². The van der Waals surface area contributed by atoms with Gasteiger partial charge in [-0.25, -0.2) is 0 Å². The summed E-state index contributed by atoms with van der Waals surface area (Å²) in [6, 6.07) is 27.3. The lowest BCUT2D eigenvalue weighted by Gasteiger charge is -2.22. The summed E-state index contributed by atoms with van der Waals surface area (Å²) in [6.07, 6.45) is 2.81. The minimum Gasteiger partial charge on any atom is -0.489 e. The standard InChI is InChI=1S/C25H28O2/c1-20-15-16-25(27-19-21-10-4-2-5-11-21)24(18-20)23(14-8-9-17-26)22-12-6-3-7-13-22/h2-7,10-13,15-16,18,23,26H,8-9,14,17,19H2,1H3. The first-order valence-corrected chi connectivity index (χ1v) is 9.71. The second-order valence-electron chi connectivity index (χ2n) is 7.00. The summed E-state index contributed by atoms with van der Waals surface area (Å²) in [5.74, 6) is 1.21. The van der Waals surface area contributed by atoms with Crippen LogP contribution in [0.1, 0.15) is 47.4 Å². The van der Waals surface area contributed by atoms with Crippen molar-refractivity contribution >= 4 is 0 Å². The molecule has 0 saturated carbocycles. The second-order valence-corrected chi connectivity index (χ2v) is 7.00. The van der Waals surface area contributed by atoms with E-state index >= 15 is 0 Å². The van der Waals surface area contributed by atoms with Gasteiger partial charge in [0.1, 0.15) is 12.4 Å². The van der Waals surface area contributed by atoms with Gasteiger partial charge in [-0.05, 0) is 37.0 Å². The third-order valence-corrected chi connectivity index (χ3v) is 4.88. The molecule has 1 atom stereocenters. The number of hydrogen-bond acceptors (Lipinski definition) is 2. The van der Waals surface area contributed by atoms with Crippen LogP contribution in [0.4, 0.5) is 0 Å². The Labute approximate surface area is 162 Å². The maximum atomic E-state index is 9.20. The molecule has 1 N–H and O–H groups in total. The summed E-state index contributed by atoms with van der Waals surface area (Å²) in [7, 11) is 0. The second kappa shape index (κ2) is 9.94. The Morgan fingerprint density at radius 3 is 2.26 bits per heavy atom. The fourth-order valence-corrected chi connectivity index (χ4v) is 3.45. The largest absolute Gasteiger partial charge is 0.489 e. The van der Waals surface area contributed by atoms with E-state index in [0.717, 1.165) is 25.0 Å². The smallest absolute Gasteiger partial charge is 0.123 e. The zero-order valence-corrected chi connectivity index (χ0v) is 16.0. The molecule has 0 aromatic heterocycles. The lowest BCUT2D eigenvalue weighted by molar-refractivity contribution is 0.281. The highest BCUT2D eigenvalue weighted by molar-refractivity contribution is 5.44. The number of aliphatic hydroxyl groups is 1. The maximum absolute atomic E-state index is 9.20. The van der Waals surface area contributed by atoms with E-state index in [1.807, 2.05) is 18.2 Å². The average molecular weight is 360 g/mol. The van der Waals surface area contributed by atoms with Gasteiger partial charge < -0.3 is 9.84 Å². The zero-order chi connectivity index (χ0) is 18.9. The van der Waals surface area contributed by atoms with Crippen molar-refractivity contribution in [2.75, 3.05) is 6.61 Å². The number of aryl methyl sites for hydroxylation is 1. The molecule has 0 spiro atoms. The molecule has 140 valence electrons. The molecule has 0 bridgehead atoms. The van der Waals surface area contributed by atoms with Crippen LogP contribution >= 0.6 is 0 Å². The Bertz CT molecular complexity index is 812. The molecule has 3 aromatic rings. The highest BCUT2D eigenvalue weighted by Crippen LogP contribution is 2.36. The van der Waals surface area contributed by atoms with Crippen LogP contribution < -0.4 is 4.74 Å². The van der Waals surface area contributed by atoms with Crippen LogP contribution in [0.15, 0.2) is 78.9 Å². The molecule has 0 amide bonds. The molecule has 27 heavy (non-hydrogen) atoms. The number of unbranched alkanes of at least 4 members (excludes halogenated alkanes) is 1. The molecular weight excluding hydrogens is 332 g/mol. The molecule has 0 heterocycles. The Morgan fingerprint density at radius 2 is 1.56 bits per heavy atom. The van der Waals surface area contributed by atoms with E-state index < -0.39 is 0 Å². The van der Waals surface area contributed by atoms with Crippen LogP contribution in [0.2, 0.25) is 0 Å². The van der Waals surface area contributed by atoms with Gasteiger partial charge in [0, 0.05) is 18.1 Å². The third-order valence-electron chi connectivity index (χ3n) is 4.88. The quantitative estimate of drug-likeness (QED) is 0.484. The van der Waals surface area contributed by atoms with Crippen LogP contribution in [0.5, 0.6) is 5.75 Å². The number of hydrogen-bond donors (Lipinski definition) is 1. The minimum atomic E-state index is 0.243. The van der Waals surface area contributed by atoms with Crippen molar-refractivity contribution in [2.45, 2.75) is 38.7 Å². The molecule has 0 aliphatic heterocycles. The van der Waals surface area contributed by atoms with E-state index in [2.05, 4.69) is 67.6 Å². The van der Waals surface area contributed by atoms with E-state index in [1.54, 1.807) is 0 Å². The summed E-state index contributed by atoms with van der Waals surface area (Å²) in [5, 5.41) is 9.20. The third kappa shape index (κ3) is 5.45. The normalized spacial score (nSPS) is 11.9. The monoisotopic (exact) mass is 360 g/mol. The van der Waals surface area contributed by atoms with Gasteiger partial charge in [-0.1, -0.05) is 84.8 Å². The average Bonchev–Trinajstić information content (AvgIpc) is 2.72. The topological polar surface area (TPSA) is 29.5 Å². The maximum Gasteiger partial charge on any atom is 0.123 e. The first kappa shape index (κ1) is 19.2. The molecule has 0 saturated heterocycles. The van der Waals surface area contributed by atoms with Gasteiger partial charge in [-0.3, -0.25) is 0 Å². The summed E-state index contributed by atoms with van der Waals surface area (Å²) < 4.78 is 6.24. The lowest BCUT2D eigenvalue weighted by atomic mass is 9.86. The number of aliphatic hydroxyl groups excluding tert-OH is 1. The Balaban J connectivity index is 1.89. The van der Waals surface area contributed by atoms with Gasteiger partial charge in [0.15, 0.2) is 0 Å². The Kier molecular flexibility index (Phi) is 7.06. The van der Waals surface area contributed by atoms with Gasteiger partial charge in [-0.2, -0.15) is 0 Å². The predicted molar refractivity (Wildman–Crippen MR) is 111 cm³/mol. The highest BCUT2D eigenvalue weighted by Gasteiger charge is 2.18. The molecule has 0 aliphatic rings. The van der Waals surface area contributed by atoms with E-state index in [4.69, 9.17) is 4.74 Å². The van der Waals surface area contributed by atoms with Crippen LogP contribution in [0.3, 0.4) is 0 Å². The molecule has 0 aliphatic carbocycles. The van der Waals surface area contributed by atoms with Crippen LogP contribution in [-0.4, -0.2) is 11.7 Å². The number of benzene rings is 3. The van der Waals surface area contributed by atoms with Gasteiger partial charge in [0.2, 0.25) is 0 Å². The first-order chi connectivity index (χ1) is 13.3. The van der Waals surface area contributed by atoms with Crippen molar-refractivity contribution in [3.05, 3.63) is 101 Å². The first-order valence-electron chi connectivity index (χ1n) is 9.71. The number of rotatable bonds is 9. The molecular formula is C25H28O2. The van der Waals surface area contributed by atoms with E-state index in [0.29, 0.717) is 6.61 Å². The predicted octanol–water partition coefficient (Wildman–Crippen LogP) is 5.87. The van der Waals surface area contributed by atoms with Gasteiger partial charge >= 0.3 is 0 Å². The molecule has 0 radical (unpaired) electrons. The highest BCUT2D eigenvalue weighted by atomic mass is 16.5. The SMILES string of the molecule is Cc1ccc(OCc2ccccc2)c(C(CCCCO)c2ccccc2)c1. The van der Waals surface area contributed by atoms with Crippen LogP contribution in [-0.2, 0) is 6.61 Å². The van der Waals surface area contributed by atoms with E-state index in [-0.39, 0.29) is 12.5 Å². The van der Waals surface area contributed by atoms with Crippen molar-refractivity contribution in [1.29, 1.82) is 0 Å². The van der Waals surface area contributed by atoms with Crippen molar-refractivity contribution in [3.8, 4) is 5.75 Å². The molecule has 3 rings (SSSR count). The molecule has 3 aromatic carbocycles. The van der Waals surface area contributed by atoms with Gasteiger partial charge in [0.25, 0.3) is 0 Å². The van der Waals surface area contributed by atoms with E-state index in [9.17, 15) is 5.11 Å². The molecule has 2 nitrogen and oxygen atoms in total. The van der Waals surface area contributed by atoms with Gasteiger partial charge in [0.05, 0.1) is 0 Å². The fourth-order valence-electron chi connectivity index (χ4n) is 3.45. The van der Waals surface area contributed by atoms with E-state index in [1.165, 1.54) is 22.3 Å². The molecule has 0 fully saturated rings. The van der Waals surface area contributed by atoms with Crippen molar-refractivity contribution in [2.24, 2.45) is 0 Å². The van der Waals surface area contributed by atoms with Crippen molar-refractivity contribution in [3.63, 3.8) is 0 Å². The lowest BCUT2D eigenvalue weighted by Crippen LogP contribution is -2.06. The fraction of sp³-hybridized carbons (Fsp3) is 0.280. The summed E-state index contributed by atoms with van der Waals surface area (Å²) >= 11 is 0. The zero-order valence-electron chi connectivity index (χ0n) is 16.0. The Morgan fingerprint density at radius 1 is 0.852 bits per heavy atom. The summed E-state index contributed by atoms with van der Waals surface area (Å²) in [4.78, 5) is 0. The minimum absolute atomic E-state index is 0.243. The van der Waals surface area contributed by atoms with Crippen LogP contribution in [0.25, 0.3) is 0 Å². The summed E-state index contributed by atoms with van der Waals surface area (Å²) in [5.41, 5.74) is 4.93. The van der Waals surface area contributed by atoms with Crippen molar-refractivity contribution in [1.82, 2.24) is 0 Å². The number of ether oxygens (including phenoxy) is 1. The summed E-state index contributed by atoms with van der Waals surface area (Å²) in [6.45, 7) is 2.93. The Hall–Kier alpha value is -2.58. The molecule has 2 heteroatoms. The van der Waals surface area contributed by atoms with Gasteiger partial charge in [-0.15, -0.1) is 0 Å².